The second-order valence-corrected chi connectivity index (χ2v) is 2.45. The van der Waals surface area contributed by atoms with Gasteiger partial charge >= 0.3 is 11.9 Å². The van der Waals surface area contributed by atoms with Crippen molar-refractivity contribution in [3.8, 4) is 0 Å². The lowest BCUT2D eigenvalue weighted by Gasteiger charge is -2.07. The number of esters is 1. The van der Waals surface area contributed by atoms with Crippen LogP contribution in [0.4, 0.5) is 0 Å². The fourth-order valence-corrected chi connectivity index (χ4v) is 0.827. The first kappa shape index (κ1) is 10.9. The van der Waals surface area contributed by atoms with Crippen LogP contribution in [0.1, 0.15) is 26.7 Å². The summed E-state index contributed by atoms with van der Waals surface area (Å²) in [7, 11) is 0. The lowest BCUT2D eigenvalue weighted by atomic mass is 10.0. The highest BCUT2D eigenvalue weighted by molar-refractivity contribution is 5.78. The maximum Gasteiger partial charge on any atom is 0.307 e. The molecule has 0 heterocycles. The molecule has 0 aliphatic heterocycles. The van der Waals surface area contributed by atoms with Crippen LogP contribution in [0.25, 0.3) is 0 Å². The van der Waals surface area contributed by atoms with E-state index in [4.69, 9.17) is 5.11 Å². The fraction of sp³-hybridized carbons (Fsp3) is 0.750. The first-order valence-electron chi connectivity index (χ1n) is 4.00. The molecule has 0 saturated heterocycles. The second kappa shape index (κ2) is 5.57. The molecule has 0 aliphatic carbocycles. The highest BCUT2D eigenvalue weighted by atomic mass is 16.5. The second-order valence-electron chi connectivity index (χ2n) is 2.45. The molecule has 4 heteroatoms. The molecule has 0 aromatic carbocycles. The van der Waals surface area contributed by atoms with Gasteiger partial charge in [0.1, 0.15) is 0 Å². The van der Waals surface area contributed by atoms with Crippen molar-refractivity contribution in [1.82, 2.24) is 0 Å². The minimum absolute atomic E-state index is 0.0281. The zero-order valence-corrected chi connectivity index (χ0v) is 7.37. The quantitative estimate of drug-likeness (QED) is 0.633. The number of hydrogen-bond acceptors (Lipinski definition) is 3. The van der Waals surface area contributed by atoms with Crippen molar-refractivity contribution < 1.29 is 19.4 Å². The highest BCUT2D eigenvalue weighted by Crippen LogP contribution is 2.08. The van der Waals surface area contributed by atoms with Gasteiger partial charge in [-0.15, -0.1) is 0 Å². The van der Waals surface area contributed by atoms with E-state index in [1.807, 2.05) is 0 Å². The van der Waals surface area contributed by atoms with E-state index >= 15 is 0 Å². The van der Waals surface area contributed by atoms with Crippen LogP contribution < -0.4 is 0 Å². The third-order valence-electron chi connectivity index (χ3n) is 1.56. The number of carboxylic acid groups (broad SMARTS) is 1. The van der Waals surface area contributed by atoms with E-state index in [1.165, 1.54) is 0 Å². The lowest BCUT2D eigenvalue weighted by molar-refractivity contribution is -0.151. The van der Waals surface area contributed by atoms with Gasteiger partial charge in [0.15, 0.2) is 0 Å². The molecule has 0 unspecified atom stereocenters. The fourth-order valence-electron chi connectivity index (χ4n) is 0.827. The summed E-state index contributed by atoms with van der Waals surface area (Å²) in [5.41, 5.74) is 0. The Morgan fingerprint density at radius 1 is 1.42 bits per heavy atom. The molecule has 0 aromatic heterocycles. The van der Waals surface area contributed by atoms with E-state index in [0.29, 0.717) is 13.0 Å². The van der Waals surface area contributed by atoms with Gasteiger partial charge in [0.2, 0.25) is 0 Å². The molecule has 0 fully saturated rings. The Labute approximate surface area is 71.5 Å². The maximum atomic E-state index is 10.8. The summed E-state index contributed by atoms with van der Waals surface area (Å²) in [6.45, 7) is 3.73. The molecular formula is C8H14O4. The van der Waals surface area contributed by atoms with Gasteiger partial charge in [0, 0.05) is 0 Å². The highest BCUT2D eigenvalue weighted by Gasteiger charge is 2.19. The van der Waals surface area contributed by atoms with Gasteiger partial charge in [-0.3, -0.25) is 9.59 Å². The van der Waals surface area contributed by atoms with Crippen LogP contribution in [0, 0.1) is 5.92 Å². The maximum absolute atomic E-state index is 10.8. The van der Waals surface area contributed by atoms with Gasteiger partial charge in [0.25, 0.3) is 0 Å². The van der Waals surface area contributed by atoms with E-state index in [-0.39, 0.29) is 6.42 Å². The summed E-state index contributed by atoms with van der Waals surface area (Å²) in [5, 5.41) is 8.58. The third kappa shape index (κ3) is 3.95. The minimum atomic E-state index is -0.939. The number of ether oxygens (including phenoxy) is 1. The SMILES string of the molecule is CCOC(=O)C[C@@H](CC)C(=O)O. The average Bonchev–Trinajstić information content (AvgIpc) is 2.00. The van der Waals surface area contributed by atoms with Crippen LogP contribution in [0.5, 0.6) is 0 Å². The summed E-state index contributed by atoms with van der Waals surface area (Å²) in [4.78, 5) is 21.3. The normalized spacial score (nSPS) is 12.2. The Morgan fingerprint density at radius 3 is 2.33 bits per heavy atom. The van der Waals surface area contributed by atoms with Gasteiger partial charge in [-0.2, -0.15) is 0 Å². The van der Waals surface area contributed by atoms with Gasteiger partial charge < -0.3 is 9.84 Å². The molecule has 0 aromatic rings. The molecule has 0 amide bonds. The summed E-state index contributed by atoms with van der Waals surface area (Å²) in [6.07, 6.45) is 0.424. The smallest absolute Gasteiger partial charge is 0.307 e. The van der Waals surface area contributed by atoms with Gasteiger partial charge in [-0.05, 0) is 13.3 Å². The number of carbonyl (C=O) groups excluding carboxylic acids is 1. The van der Waals surface area contributed by atoms with Crippen LogP contribution >= 0.6 is 0 Å². The molecule has 1 atom stereocenters. The largest absolute Gasteiger partial charge is 0.481 e. The summed E-state index contributed by atoms with van der Waals surface area (Å²) in [6, 6.07) is 0. The van der Waals surface area contributed by atoms with Crippen LogP contribution in [0.3, 0.4) is 0 Å². The monoisotopic (exact) mass is 174 g/mol. The lowest BCUT2D eigenvalue weighted by Crippen LogP contribution is -2.18. The molecule has 1 N–H and O–H groups in total. The van der Waals surface area contributed by atoms with E-state index in [9.17, 15) is 9.59 Å². The average molecular weight is 174 g/mol. The number of carboxylic acids is 1. The molecule has 0 rings (SSSR count). The van der Waals surface area contributed by atoms with Gasteiger partial charge in [-0.25, -0.2) is 0 Å². The molecule has 70 valence electrons. The van der Waals surface area contributed by atoms with E-state index in [0.717, 1.165) is 0 Å². The van der Waals surface area contributed by atoms with Crippen molar-refractivity contribution in [3.05, 3.63) is 0 Å². The predicted molar refractivity (Wildman–Crippen MR) is 42.7 cm³/mol. The summed E-state index contributed by atoms with van der Waals surface area (Å²) >= 11 is 0. The van der Waals surface area contributed by atoms with Crippen molar-refractivity contribution in [2.24, 2.45) is 5.92 Å². The zero-order chi connectivity index (χ0) is 9.56. The minimum Gasteiger partial charge on any atom is -0.481 e. The third-order valence-corrected chi connectivity index (χ3v) is 1.56. The Bertz CT molecular complexity index is 164. The zero-order valence-electron chi connectivity index (χ0n) is 7.37. The molecule has 4 nitrogen and oxygen atoms in total. The van der Waals surface area contributed by atoms with Crippen molar-refractivity contribution in [3.63, 3.8) is 0 Å². The van der Waals surface area contributed by atoms with Gasteiger partial charge in [0.05, 0.1) is 18.9 Å². The molecule has 0 radical (unpaired) electrons. The molecule has 0 saturated carbocycles. The summed E-state index contributed by atoms with van der Waals surface area (Å²) < 4.78 is 4.62. The van der Waals surface area contributed by atoms with Crippen molar-refractivity contribution in [2.45, 2.75) is 26.7 Å². The van der Waals surface area contributed by atoms with Crippen molar-refractivity contribution >= 4 is 11.9 Å². The number of hydrogen-bond donors (Lipinski definition) is 1. The van der Waals surface area contributed by atoms with Crippen LogP contribution in [0.2, 0.25) is 0 Å². The Kier molecular flexibility index (Phi) is 5.08. The Hall–Kier alpha value is -1.06. The van der Waals surface area contributed by atoms with E-state index in [2.05, 4.69) is 4.74 Å². The van der Waals surface area contributed by atoms with Crippen LogP contribution in [-0.2, 0) is 14.3 Å². The topological polar surface area (TPSA) is 63.6 Å². The predicted octanol–water partition coefficient (Wildman–Crippen LogP) is 1.05. The number of rotatable bonds is 5. The van der Waals surface area contributed by atoms with E-state index in [1.54, 1.807) is 13.8 Å². The van der Waals surface area contributed by atoms with Crippen LogP contribution in [-0.4, -0.2) is 23.7 Å². The molecule has 0 aliphatic rings. The van der Waals surface area contributed by atoms with Gasteiger partial charge in [-0.1, -0.05) is 6.92 Å². The van der Waals surface area contributed by atoms with E-state index < -0.39 is 17.9 Å². The molecular weight excluding hydrogens is 160 g/mol. The van der Waals surface area contributed by atoms with Crippen LogP contribution in [0.15, 0.2) is 0 Å². The number of aliphatic carboxylic acids is 1. The summed E-state index contributed by atoms with van der Waals surface area (Å²) in [5.74, 6) is -1.98. The number of carbonyl (C=O) groups is 2. The van der Waals surface area contributed by atoms with Crippen molar-refractivity contribution in [1.29, 1.82) is 0 Å². The standard InChI is InChI=1S/C8H14O4/c1-3-6(8(10)11)5-7(9)12-4-2/h6H,3-5H2,1-2H3,(H,10,11)/t6-/m1/s1. The molecule has 0 spiro atoms. The molecule has 0 bridgehead atoms. The van der Waals surface area contributed by atoms with Crippen molar-refractivity contribution in [2.75, 3.05) is 6.61 Å². The molecule has 12 heavy (non-hydrogen) atoms. The Balaban J connectivity index is 3.85. The first-order chi connectivity index (χ1) is 5.61. The first-order valence-corrected chi connectivity index (χ1v) is 4.00. The Morgan fingerprint density at radius 2 is 2.00 bits per heavy atom.